The van der Waals surface area contributed by atoms with Gasteiger partial charge in [0.15, 0.2) is 0 Å². The van der Waals surface area contributed by atoms with Crippen LogP contribution in [0.5, 0.6) is 0 Å². The average molecular weight is 238 g/mol. The van der Waals surface area contributed by atoms with Crippen LogP contribution in [0, 0.1) is 11.8 Å². The third kappa shape index (κ3) is 2.41. The van der Waals surface area contributed by atoms with E-state index in [0.29, 0.717) is 5.92 Å². The summed E-state index contributed by atoms with van der Waals surface area (Å²) in [6, 6.07) is 8.28. The topological polar surface area (TPSA) is 12.0 Å². The van der Waals surface area contributed by atoms with Crippen molar-refractivity contribution in [3.63, 3.8) is 0 Å². The SMILES string of the molecule is CC(C)C1CCNCC1c1ccccc1Cl. The summed E-state index contributed by atoms with van der Waals surface area (Å²) in [5.41, 5.74) is 1.31. The zero-order chi connectivity index (χ0) is 11.5. The van der Waals surface area contributed by atoms with Gasteiger partial charge in [-0.15, -0.1) is 0 Å². The summed E-state index contributed by atoms with van der Waals surface area (Å²) in [5, 5.41) is 4.41. The lowest BCUT2D eigenvalue weighted by Crippen LogP contribution is -2.37. The van der Waals surface area contributed by atoms with E-state index in [1.165, 1.54) is 12.0 Å². The Balaban J connectivity index is 2.27. The predicted octanol–water partition coefficient (Wildman–Crippen LogP) is 3.69. The summed E-state index contributed by atoms with van der Waals surface area (Å²) < 4.78 is 0. The Labute approximate surface area is 103 Å². The van der Waals surface area contributed by atoms with Crippen LogP contribution in [0.4, 0.5) is 0 Å². The van der Waals surface area contributed by atoms with Crippen LogP contribution in [0.15, 0.2) is 24.3 Å². The van der Waals surface area contributed by atoms with Crippen molar-refractivity contribution in [2.45, 2.75) is 26.2 Å². The van der Waals surface area contributed by atoms with Gasteiger partial charge in [-0.2, -0.15) is 0 Å². The van der Waals surface area contributed by atoms with Crippen LogP contribution in [-0.2, 0) is 0 Å². The molecule has 1 saturated heterocycles. The molecule has 2 unspecified atom stereocenters. The first-order chi connectivity index (χ1) is 7.70. The molecule has 2 atom stereocenters. The number of piperidine rings is 1. The van der Waals surface area contributed by atoms with E-state index in [4.69, 9.17) is 11.6 Å². The lowest BCUT2D eigenvalue weighted by molar-refractivity contribution is 0.252. The Hall–Kier alpha value is -0.530. The van der Waals surface area contributed by atoms with Crippen molar-refractivity contribution in [2.75, 3.05) is 13.1 Å². The van der Waals surface area contributed by atoms with Crippen molar-refractivity contribution in [1.82, 2.24) is 5.32 Å². The summed E-state index contributed by atoms with van der Waals surface area (Å²) in [6.45, 7) is 6.84. The molecule has 1 aromatic rings. The van der Waals surface area contributed by atoms with Gasteiger partial charge in [-0.05, 0) is 36.4 Å². The van der Waals surface area contributed by atoms with Gasteiger partial charge in [-0.3, -0.25) is 0 Å². The van der Waals surface area contributed by atoms with E-state index in [2.05, 4.69) is 31.3 Å². The normalized spacial score (nSPS) is 26.0. The highest BCUT2D eigenvalue weighted by Crippen LogP contribution is 2.37. The fraction of sp³-hybridized carbons (Fsp3) is 0.571. The van der Waals surface area contributed by atoms with Crippen molar-refractivity contribution < 1.29 is 0 Å². The molecule has 1 fully saturated rings. The highest BCUT2D eigenvalue weighted by atomic mass is 35.5. The Bertz CT molecular complexity index is 348. The van der Waals surface area contributed by atoms with Gasteiger partial charge in [0, 0.05) is 17.5 Å². The van der Waals surface area contributed by atoms with E-state index in [1.54, 1.807) is 0 Å². The van der Waals surface area contributed by atoms with Gasteiger partial charge in [-0.1, -0.05) is 43.6 Å². The van der Waals surface area contributed by atoms with E-state index in [-0.39, 0.29) is 0 Å². The second-order valence-corrected chi connectivity index (χ2v) is 5.44. The monoisotopic (exact) mass is 237 g/mol. The van der Waals surface area contributed by atoms with Crippen LogP contribution in [0.25, 0.3) is 0 Å². The molecular weight excluding hydrogens is 218 g/mol. The first-order valence-corrected chi connectivity index (χ1v) is 6.53. The van der Waals surface area contributed by atoms with Gasteiger partial charge in [0.1, 0.15) is 0 Å². The summed E-state index contributed by atoms with van der Waals surface area (Å²) >= 11 is 6.30. The summed E-state index contributed by atoms with van der Waals surface area (Å²) in [5.74, 6) is 2.05. The molecule has 88 valence electrons. The molecule has 1 nitrogen and oxygen atoms in total. The quantitative estimate of drug-likeness (QED) is 0.827. The zero-order valence-corrected chi connectivity index (χ0v) is 10.8. The van der Waals surface area contributed by atoms with Crippen LogP contribution < -0.4 is 5.32 Å². The number of hydrogen-bond donors (Lipinski definition) is 1. The Morgan fingerprint density at radius 1 is 1.31 bits per heavy atom. The molecule has 1 heterocycles. The molecule has 0 aliphatic carbocycles. The Morgan fingerprint density at radius 2 is 2.06 bits per heavy atom. The zero-order valence-electron chi connectivity index (χ0n) is 10.0. The first-order valence-electron chi connectivity index (χ1n) is 6.15. The maximum Gasteiger partial charge on any atom is 0.0441 e. The molecule has 16 heavy (non-hydrogen) atoms. The maximum atomic E-state index is 6.30. The van der Waals surface area contributed by atoms with Gasteiger partial charge < -0.3 is 5.32 Å². The lowest BCUT2D eigenvalue weighted by atomic mass is 9.75. The fourth-order valence-corrected chi connectivity index (χ4v) is 3.07. The molecule has 0 spiro atoms. The number of hydrogen-bond acceptors (Lipinski definition) is 1. The van der Waals surface area contributed by atoms with Crippen LogP contribution in [0.2, 0.25) is 5.02 Å². The Morgan fingerprint density at radius 3 is 2.75 bits per heavy atom. The molecular formula is C14H20ClN. The van der Waals surface area contributed by atoms with Gasteiger partial charge in [0.05, 0.1) is 0 Å². The Kier molecular flexibility index (Phi) is 3.88. The molecule has 1 N–H and O–H groups in total. The second kappa shape index (κ2) is 5.20. The average Bonchev–Trinajstić information content (AvgIpc) is 2.29. The number of nitrogens with one attached hydrogen (secondary N) is 1. The van der Waals surface area contributed by atoms with Crippen molar-refractivity contribution in [3.05, 3.63) is 34.9 Å². The predicted molar refractivity (Wildman–Crippen MR) is 70.0 cm³/mol. The minimum Gasteiger partial charge on any atom is -0.316 e. The highest BCUT2D eigenvalue weighted by molar-refractivity contribution is 6.31. The van der Waals surface area contributed by atoms with Gasteiger partial charge in [0.25, 0.3) is 0 Å². The van der Waals surface area contributed by atoms with Crippen molar-refractivity contribution in [3.8, 4) is 0 Å². The fourth-order valence-electron chi connectivity index (χ4n) is 2.79. The van der Waals surface area contributed by atoms with E-state index >= 15 is 0 Å². The molecule has 2 rings (SSSR count). The third-order valence-corrected chi connectivity index (χ3v) is 4.04. The van der Waals surface area contributed by atoms with Crippen LogP contribution in [0.3, 0.4) is 0 Å². The summed E-state index contributed by atoms with van der Waals surface area (Å²) in [4.78, 5) is 0. The second-order valence-electron chi connectivity index (χ2n) is 5.03. The molecule has 1 aromatic carbocycles. The molecule has 2 heteroatoms. The van der Waals surface area contributed by atoms with E-state index < -0.39 is 0 Å². The molecule has 0 saturated carbocycles. The smallest absolute Gasteiger partial charge is 0.0441 e. The van der Waals surface area contributed by atoms with Crippen molar-refractivity contribution in [2.24, 2.45) is 11.8 Å². The van der Waals surface area contributed by atoms with Crippen molar-refractivity contribution >= 4 is 11.6 Å². The number of halogens is 1. The maximum absolute atomic E-state index is 6.30. The van der Waals surface area contributed by atoms with Crippen molar-refractivity contribution in [1.29, 1.82) is 0 Å². The molecule has 0 aromatic heterocycles. The molecule has 0 bridgehead atoms. The summed E-state index contributed by atoms with van der Waals surface area (Å²) in [7, 11) is 0. The number of benzene rings is 1. The van der Waals surface area contributed by atoms with E-state index in [9.17, 15) is 0 Å². The van der Waals surface area contributed by atoms with Gasteiger partial charge in [-0.25, -0.2) is 0 Å². The van der Waals surface area contributed by atoms with Crippen LogP contribution in [-0.4, -0.2) is 13.1 Å². The summed E-state index contributed by atoms with van der Waals surface area (Å²) in [6.07, 6.45) is 1.26. The third-order valence-electron chi connectivity index (χ3n) is 3.70. The molecule has 0 amide bonds. The lowest BCUT2D eigenvalue weighted by Gasteiger charge is -2.35. The first kappa shape index (κ1) is 11.9. The van der Waals surface area contributed by atoms with Gasteiger partial charge in [0.2, 0.25) is 0 Å². The number of rotatable bonds is 2. The molecule has 0 radical (unpaired) electrons. The van der Waals surface area contributed by atoms with E-state index in [0.717, 1.165) is 29.9 Å². The highest BCUT2D eigenvalue weighted by Gasteiger charge is 2.29. The largest absolute Gasteiger partial charge is 0.316 e. The van der Waals surface area contributed by atoms with Crippen LogP contribution >= 0.6 is 11.6 Å². The van der Waals surface area contributed by atoms with E-state index in [1.807, 2.05) is 12.1 Å². The minimum atomic E-state index is 0.572. The molecule has 1 aliphatic heterocycles. The minimum absolute atomic E-state index is 0.572. The standard InChI is InChI=1S/C14H20ClN/c1-10(2)11-7-8-16-9-13(11)12-5-3-4-6-14(12)15/h3-6,10-11,13,16H,7-9H2,1-2H3. The van der Waals surface area contributed by atoms with Gasteiger partial charge >= 0.3 is 0 Å². The molecule has 1 aliphatic rings. The van der Waals surface area contributed by atoms with Crippen LogP contribution in [0.1, 0.15) is 31.7 Å².